The SMILES string of the molecule is CCOC(=O)c1ccc(Sc2ccc(I)cc2N)cc1. The number of esters is 1. The molecule has 0 aliphatic rings. The lowest BCUT2D eigenvalue weighted by molar-refractivity contribution is 0.0526. The van der Waals surface area contributed by atoms with Gasteiger partial charge in [-0.25, -0.2) is 4.79 Å². The van der Waals surface area contributed by atoms with Crippen LogP contribution in [0.3, 0.4) is 0 Å². The van der Waals surface area contributed by atoms with Gasteiger partial charge in [0.1, 0.15) is 0 Å². The molecule has 2 aromatic carbocycles. The van der Waals surface area contributed by atoms with Crippen LogP contribution in [-0.2, 0) is 4.74 Å². The van der Waals surface area contributed by atoms with Gasteiger partial charge in [0.05, 0.1) is 12.2 Å². The molecule has 2 aromatic rings. The minimum atomic E-state index is -0.294. The molecule has 0 fully saturated rings. The molecule has 2 N–H and O–H groups in total. The molecule has 5 heteroatoms. The fourth-order valence-electron chi connectivity index (χ4n) is 1.61. The Labute approximate surface area is 136 Å². The standard InChI is InChI=1S/C15H14INO2S/c1-2-19-15(18)10-3-6-12(7-4-10)20-14-8-5-11(16)9-13(14)17/h3-9H,2,17H2,1H3. The Morgan fingerprint density at radius 3 is 2.55 bits per heavy atom. The zero-order valence-electron chi connectivity index (χ0n) is 10.9. The summed E-state index contributed by atoms with van der Waals surface area (Å²) in [6.07, 6.45) is 0. The molecule has 20 heavy (non-hydrogen) atoms. The summed E-state index contributed by atoms with van der Waals surface area (Å²) in [5.74, 6) is -0.294. The molecule has 0 atom stereocenters. The maximum Gasteiger partial charge on any atom is 0.338 e. The highest BCUT2D eigenvalue weighted by molar-refractivity contribution is 14.1. The minimum absolute atomic E-state index is 0.294. The molecule has 0 spiro atoms. The van der Waals surface area contributed by atoms with Crippen molar-refractivity contribution in [3.8, 4) is 0 Å². The van der Waals surface area contributed by atoms with Gasteiger partial charge in [0, 0.05) is 19.0 Å². The van der Waals surface area contributed by atoms with Crippen molar-refractivity contribution in [1.82, 2.24) is 0 Å². The molecule has 0 saturated heterocycles. The predicted octanol–water partition coefficient (Wildman–Crippen LogP) is 4.20. The minimum Gasteiger partial charge on any atom is -0.462 e. The monoisotopic (exact) mass is 399 g/mol. The van der Waals surface area contributed by atoms with Gasteiger partial charge in [-0.3, -0.25) is 0 Å². The lowest BCUT2D eigenvalue weighted by Crippen LogP contribution is -2.03. The van der Waals surface area contributed by atoms with Crippen LogP contribution in [0.2, 0.25) is 0 Å². The zero-order chi connectivity index (χ0) is 14.5. The van der Waals surface area contributed by atoms with Gasteiger partial charge in [-0.1, -0.05) is 11.8 Å². The van der Waals surface area contributed by atoms with Crippen LogP contribution in [0.4, 0.5) is 5.69 Å². The molecule has 0 aliphatic heterocycles. The van der Waals surface area contributed by atoms with Crippen LogP contribution in [0.15, 0.2) is 52.3 Å². The third-order valence-corrected chi connectivity index (χ3v) is 4.34. The second kappa shape index (κ2) is 6.99. The maximum absolute atomic E-state index is 11.6. The van der Waals surface area contributed by atoms with E-state index in [-0.39, 0.29) is 5.97 Å². The molecule has 0 amide bonds. The van der Waals surface area contributed by atoms with Crippen molar-refractivity contribution in [3.05, 3.63) is 51.6 Å². The van der Waals surface area contributed by atoms with E-state index in [0.29, 0.717) is 12.2 Å². The fourth-order valence-corrected chi connectivity index (χ4v) is 2.97. The van der Waals surface area contributed by atoms with E-state index in [4.69, 9.17) is 10.5 Å². The third kappa shape index (κ3) is 3.89. The average Bonchev–Trinajstić information content (AvgIpc) is 2.43. The Balaban J connectivity index is 2.12. The molecule has 0 radical (unpaired) electrons. The van der Waals surface area contributed by atoms with E-state index in [2.05, 4.69) is 22.6 Å². The van der Waals surface area contributed by atoms with E-state index in [9.17, 15) is 4.79 Å². The van der Waals surface area contributed by atoms with E-state index >= 15 is 0 Å². The number of carbonyl (C=O) groups is 1. The largest absolute Gasteiger partial charge is 0.462 e. The normalized spacial score (nSPS) is 10.3. The predicted molar refractivity (Wildman–Crippen MR) is 90.1 cm³/mol. The Bertz CT molecular complexity index is 614. The first kappa shape index (κ1) is 15.2. The molecule has 0 heterocycles. The van der Waals surface area contributed by atoms with Crippen molar-refractivity contribution < 1.29 is 9.53 Å². The van der Waals surface area contributed by atoms with Crippen molar-refractivity contribution in [3.63, 3.8) is 0 Å². The number of hydrogen-bond donors (Lipinski definition) is 1. The maximum atomic E-state index is 11.6. The first-order valence-corrected chi connectivity index (χ1v) is 7.99. The Morgan fingerprint density at radius 1 is 1.25 bits per heavy atom. The fraction of sp³-hybridized carbons (Fsp3) is 0.133. The van der Waals surface area contributed by atoms with Gasteiger partial charge in [-0.2, -0.15) is 0 Å². The summed E-state index contributed by atoms with van der Waals surface area (Å²) in [5.41, 5.74) is 7.31. The summed E-state index contributed by atoms with van der Waals surface area (Å²) in [6, 6.07) is 13.3. The zero-order valence-corrected chi connectivity index (χ0v) is 13.9. The molecule has 0 bridgehead atoms. The molecule has 0 aromatic heterocycles. The number of nitrogens with two attached hydrogens (primary N) is 1. The van der Waals surface area contributed by atoms with E-state index in [1.807, 2.05) is 30.3 Å². The molecular weight excluding hydrogens is 385 g/mol. The number of carbonyl (C=O) groups excluding carboxylic acids is 1. The number of halogens is 1. The highest BCUT2D eigenvalue weighted by atomic mass is 127. The Hall–Kier alpha value is -1.21. The Kier molecular flexibility index (Phi) is 5.31. The quantitative estimate of drug-likeness (QED) is 0.476. The molecule has 2 rings (SSSR count). The van der Waals surface area contributed by atoms with Crippen molar-refractivity contribution >= 4 is 46.0 Å². The summed E-state index contributed by atoms with van der Waals surface area (Å²) in [7, 11) is 0. The van der Waals surface area contributed by atoms with Gasteiger partial charge in [0.25, 0.3) is 0 Å². The van der Waals surface area contributed by atoms with Gasteiger partial charge >= 0.3 is 5.97 Å². The summed E-state index contributed by atoms with van der Waals surface area (Å²) in [5, 5.41) is 0. The van der Waals surface area contributed by atoms with Gasteiger partial charge in [0.15, 0.2) is 0 Å². The summed E-state index contributed by atoms with van der Waals surface area (Å²) < 4.78 is 6.06. The molecule has 0 aliphatic carbocycles. The highest BCUT2D eigenvalue weighted by Crippen LogP contribution is 2.32. The number of hydrogen-bond acceptors (Lipinski definition) is 4. The van der Waals surface area contributed by atoms with Crippen molar-refractivity contribution in [2.24, 2.45) is 0 Å². The van der Waals surface area contributed by atoms with Crippen molar-refractivity contribution in [1.29, 1.82) is 0 Å². The highest BCUT2D eigenvalue weighted by Gasteiger charge is 2.07. The average molecular weight is 399 g/mol. The lowest BCUT2D eigenvalue weighted by atomic mass is 10.2. The van der Waals surface area contributed by atoms with Gasteiger partial charge < -0.3 is 10.5 Å². The van der Waals surface area contributed by atoms with Crippen molar-refractivity contribution in [2.45, 2.75) is 16.7 Å². The van der Waals surface area contributed by atoms with E-state index in [1.54, 1.807) is 30.8 Å². The van der Waals surface area contributed by atoms with Crippen LogP contribution in [0.25, 0.3) is 0 Å². The molecule has 0 saturated carbocycles. The number of rotatable bonds is 4. The van der Waals surface area contributed by atoms with E-state index < -0.39 is 0 Å². The summed E-state index contributed by atoms with van der Waals surface area (Å²) in [6.45, 7) is 2.18. The molecule has 3 nitrogen and oxygen atoms in total. The van der Waals surface area contributed by atoms with Crippen LogP contribution >= 0.6 is 34.4 Å². The lowest BCUT2D eigenvalue weighted by Gasteiger charge is -2.07. The number of ether oxygens (including phenoxy) is 1. The summed E-state index contributed by atoms with van der Waals surface area (Å²) in [4.78, 5) is 13.6. The molecule has 104 valence electrons. The van der Waals surface area contributed by atoms with Crippen LogP contribution in [0, 0.1) is 3.57 Å². The number of benzene rings is 2. The molecule has 0 unspecified atom stereocenters. The van der Waals surface area contributed by atoms with Crippen LogP contribution in [0.1, 0.15) is 17.3 Å². The van der Waals surface area contributed by atoms with E-state index in [0.717, 1.165) is 19.0 Å². The van der Waals surface area contributed by atoms with Gasteiger partial charge in [0.2, 0.25) is 0 Å². The second-order valence-corrected chi connectivity index (χ2v) is 6.39. The summed E-state index contributed by atoms with van der Waals surface area (Å²) >= 11 is 3.81. The smallest absolute Gasteiger partial charge is 0.338 e. The van der Waals surface area contributed by atoms with E-state index in [1.165, 1.54) is 0 Å². The number of anilines is 1. The van der Waals surface area contributed by atoms with Crippen LogP contribution in [-0.4, -0.2) is 12.6 Å². The third-order valence-electron chi connectivity index (χ3n) is 2.57. The van der Waals surface area contributed by atoms with Gasteiger partial charge in [-0.15, -0.1) is 0 Å². The Morgan fingerprint density at radius 2 is 1.95 bits per heavy atom. The first-order chi connectivity index (χ1) is 9.60. The molecular formula is C15H14INO2S. The van der Waals surface area contributed by atoms with Crippen LogP contribution < -0.4 is 5.73 Å². The van der Waals surface area contributed by atoms with Gasteiger partial charge in [-0.05, 0) is 72.0 Å². The topological polar surface area (TPSA) is 52.3 Å². The second-order valence-electron chi connectivity index (χ2n) is 4.03. The number of nitrogen functional groups attached to an aromatic ring is 1. The first-order valence-electron chi connectivity index (χ1n) is 6.10. The van der Waals surface area contributed by atoms with Crippen molar-refractivity contribution in [2.75, 3.05) is 12.3 Å². The van der Waals surface area contributed by atoms with Crippen LogP contribution in [0.5, 0.6) is 0 Å².